The summed E-state index contributed by atoms with van der Waals surface area (Å²) in [6.07, 6.45) is 3.34. The van der Waals surface area contributed by atoms with Crippen LogP contribution >= 0.6 is 0 Å². The first kappa shape index (κ1) is 10.7. The second-order valence-electron chi connectivity index (χ2n) is 4.71. The molecule has 3 rings (SSSR count). The SMILES string of the molecule is CNC1CCCc2c1cc(F)c1ccccc21. The van der Waals surface area contributed by atoms with Crippen LogP contribution in [0, 0.1) is 5.82 Å². The average Bonchev–Trinajstić information content (AvgIpc) is 2.39. The molecule has 1 aliphatic carbocycles. The van der Waals surface area contributed by atoms with Crippen LogP contribution in [0.2, 0.25) is 0 Å². The first-order chi connectivity index (χ1) is 8.31. The number of rotatable bonds is 1. The first-order valence-electron chi connectivity index (χ1n) is 6.18. The molecule has 2 heteroatoms. The molecule has 1 aliphatic rings. The summed E-state index contributed by atoms with van der Waals surface area (Å²) >= 11 is 0. The van der Waals surface area contributed by atoms with E-state index in [0.717, 1.165) is 29.2 Å². The fourth-order valence-corrected chi connectivity index (χ4v) is 2.94. The third-order valence-electron chi connectivity index (χ3n) is 3.78. The lowest BCUT2D eigenvalue weighted by atomic mass is 9.84. The van der Waals surface area contributed by atoms with E-state index >= 15 is 0 Å². The zero-order chi connectivity index (χ0) is 11.8. The fourth-order valence-electron chi connectivity index (χ4n) is 2.94. The number of benzene rings is 2. The lowest BCUT2D eigenvalue weighted by Crippen LogP contribution is -2.22. The van der Waals surface area contributed by atoms with Crippen LogP contribution in [0.4, 0.5) is 4.39 Å². The summed E-state index contributed by atoms with van der Waals surface area (Å²) < 4.78 is 14.1. The van der Waals surface area contributed by atoms with Gasteiger partial charge in [0, 0.05) is 11.4 Å². The number of fused-ring (bicyclic) bond motifs is 3. The van der Waals surface area contributed by atoms with Crippen molar-refractivity contribution in [3.63, 3.8) is 0 Å². The molecular formula is C15H16FN. The van der Waals surface area contributed by atoms with E-state index in [0.29, 0.717) is 6.04 Å². The van der Waals surface area contributed by atoms with Crippen LogP contribution in [0.15, 0.2) is 30.3 Å². The van der Waals surface area contributed by atoms with Gasteiger partial charge >= 0.3 is 0 Å². The lowest BCUT2D eigenvalue weighted by molar-refractivity contribution is 0.494. The monoisotopic (exact) mass is 229 g/mol. The Morgan fingerprint density at radius 1 is 1.24 bits per heavy atom. The highest BCUT2D eigenvalue weighted by Crippen LogP contribution is 2.35. The van der Waals surface area contributed by atoms with Gasteiger partial charge in [-0.15, -0.1) is 0 Å². The van der Waals surface area contributed by atoms with Crippen molar-refractivity contribution in [2.45, 2.75) is 25.3 Å². The topological polar surface area (TPSA) is 12.0 Å². The number of halogens is 1. The van der Waals surface area contributed by atoms with E-state index in [4.69, 9.17) is 0 Å². The minimum Gasteiger partial charge on any atom is -0.313 e. The van der Waals surface area contributed by atoms with Crippen molar-refractivity contribution in [2.24, 2.45) is 0 Å². The molecule has 0 aliphatic heterocycles. The molecule has 0 bridgehead atoms. The smallest absolute Gasteiger partial charge is 0.131 e. The van der Waals surface area contributed by atoms with Gasteiger partial charge in [-0.25, -0.2) is 4.39 Å². The van der Waals surface area contributed by atoms with Crippen molar-refractivity contribution < 1.29 is 4.39 Å². The van der Waals surface area contributed by atoms with Crippen molar-refractivity contribution >= 4 is 10.8 Å². The second kappa shape index (κ2) is 4.11. The van der Waals surface area contributed by atoms with Crippen molar-refractivity contribution in [1.29, 1.82) is 0 Å². The van der Waals surface area contributed by atoms with Gasteiger partial charge in [0.25, 0.3) is 0 Å². The van der Waals surface area contributed by atoms with Crippen molar-refractivity contribution in [2.75, 3.05) is 7.05 Å². The van der Waals surface area contributed by atoms with Crippen LogP contribution in [-0.2, 0) is 6.42 Å². The van der Waals surface area contributed by atoms with E-state index < -0.39 is 0 Å². The summed E-state index contributed by atoms with van der Waals surface area (Å²) in [5.41, 5.74) is 2.47. The molecule has 1 unspecified atom stereocenters. The molecule has 0 heterocycles. The Kier molecular flexibility index (Phi) is 2.60. The predicted molar refractivity (Wildman–Crippen MR) is 68.6 cm³/mol. The van der Waals surface area contributed by atoms with Gasteiger partial charge in [0.1, 0.15) is 5.82 Å². The zero-order valence-electron chi connectivity index (χ0n) is 9.96. The molecule has 88 valence electrons. The molecule has 0 amide bonds. The van der Waals surface area contributed by atoms with Crippen LogP contribution in [0.25, 0.3) is 10.8 Å². The molecule has 0 spiro atoms. The second-order valence-corrected chi connectivity index (χ2v) is 4.71. The zero-order valence-corrected chi connectivity index (χ0v) is 9.96. The van der Waals surface area contributed by atoms with Gasteiger partial charge in [0.15, 0.2) is 0 Å². The Balaban J connectivity index is 2.32. The standard InChI is InChI=1S/C15H16FN/c1-17-15-8-4-7-11-10-5-2-3-6-12(10)14(16)9-13(11)15/h2-3,5-6,9,15,17H,4,7-8H2,1H3. The number of hydrogen-bond acceptors (Lipinski definition) is 1. The molecule has 0 aromatic heterocycles. The first-order valence-corrected chi connectivity index (χ1v) is 6.18. The molecule has 0 saturated heterocycles. The molecule has 2 aromatic rings. The van der Waals surface area contributed by atoms with Gasteiger partial charge in [0.05, 0.1) is 0 Å². The van der Waals surface area contributed by atoms with Gasteiger partial charge < -0.3 is 5.32 Å². The maximum absolute atomic E-state index is 14.1. The maximum atomic E-state index is 14.1. The highest BCUT2D eigenvalue weighted by molar-refractivity contribution is 5.87. The third-order valence-corrected chi connectivity index (χ3v) is 3.78. The van der Waals surface area contributed by atoms with Crippen molar-refractivity contribution in [3.05, 3.63) is 47.3 Å². The minimum absolute atomic E-state index is 0.0958. The van der Waals surface area contributed by atoms with E-state index in [2.05, 4.69) is 5.32 Å². The fraction of sp³-hybridized carbons (Fsp3) is 0.333. The summed E-state index contributed by atoms with van der Waals surface area (Å²) in [5.74, 6) is -0.0958. The molecular weight excluding hydrogens is 213 g/mol. The highest BCUT2D eigenvalue weighted by atomic mass is 19.1. The van der Waals surface area contributed by atoms with Gasteiger partial charge in [-0.1, -0.05) is 24.3 Å². The maximum Gasteiger partial charge on any atom is 0.131 e. The minimum atomic E-state index is -0.0958. The normalized spacial score (nSPS) is 19.3. The largest absolute Gasteiger partial charge is 0.313 e. The summed E-state index contributed by atoms with van der Waals surface area (Å²) in [6, 6.07) is 9.82. The van der Waals surface area contributed by atoms with Gasteiger partial charge in [0.2, 0.25) is 0 Å². The number of nitrogens with one attached hydrogen (secondary N) is 1. The van der Waals surface area contributed by atoms with E-state index in [1.807, 2.05) is 31.3 Å². The predicted octanol–water partition coefficient (Wildman–Crippen LogP) is 3.58. The molecule has 1 atom stereocenters. The van der Waals surface area contributed by atoms with Gasteiger partial charge in [-0.05, 0) is 48.9 Å². The number of hydrogen-bond donors (Lipinski definition) is 1. The van der Waals surface area contributed by atoms with Crippen LogP contribution in [0.3, 0.4) is 0 Å². The summed E-state index contributed by atoms with van der Waals surface area (Å²) in [5, 5.41) is 5.12. The molecule has 1 nitrogen and oxygen atoms in total. The van der Waals surface area contributed by atoms with E-state index in [-0.39, 0.29) is 5.82 Å². The Morgan fingerprint density at radius 2 is 2.00 bits per heavy atom. The van der Waals surface area contributed by atoms with E-state index in [9.17, 15) is 4.39 Å². The highest BCUT2D eigenvalue weighted by Gasteiger charge is 2.22. The average molecular weight is 229 g/mol. The molecule has 0 saturated carbocycles. The van der Waals surface area contributed by atoms with Crippen LogP contribution in [0.5, 0.6) is 0 Å². The molecule has 0 fully saturated rings. The molecule has 17 heavy (non-hydrogen) atoms. The summed E-state index contributed by atoms with van der Waals surface area (Å²) in [7, 11) is 1.95. The van der Waals surface area contributed by atoms with E-state index in [1.54, 1.807) is 6.07 Å². The molecule has 2 aromatic carbocycles. The molecule has 1 N–H and O–H groups in total. The quantitative estimate of drug-likeness (QED) is 0.788. The Hall–Kier alpha value is -1.41. The van der Waals surface area contributed by atoms with Crippen LogP contribution in [0.1, 0.15) is 30.0 Å². The van der Waals surface area contributed by atoms with Crippen LogP contribution < -0.4 is 5.32 Å². The van der Waals surface area contributed by atoms with Gasteiger partial charge in [-0.2, -0.15) is 0 Å². The summed E-state index contributed by atoms with van der Waals surface area (Å²) in [4.78, 5) is 0. The van der Waals surface area contributed by atoms with Crippen molar-refractivity contribution in [1.82, 2.24) is 5.32 Å². The van der Waals surface area contributed by atoms with Crippen molar-refractivity contribution in [3.8, 4) is 0 Å². The van der Waals surface area contributed by atoms with E-state index in [1.165, 1.54) is 12.0 Å². The lowest BCUT2D eigenvalue weighted by Gasteiger charge is -2.26. The Labute approximate surface area is 101 Å². The number of aryl methyl sites for hydroxylation is 1. The summed E-state index contributed by atoms with van der Waals surface area (Å²) in [6.45, 7) is 0. The Bertz CT molecular complexity index is 562. The van der Waals surface area contributed by atoms with Gasteiger partial charge in [-0.3, -0.25) is 0 Å². The Morgan fingerprint density at radius 3 is 2.76 bits per heavy atom. The van der Waals surface area contributed by atoms with Crippen LogP contribution in [-0.4, -0.2) is 7.05 Å². The third kappa shape index (κ3) is 1.64. The molecule has 0 radical (unpaired) electrons.